The van der Waals surface area contributed by atoms with Crippen LogP contribution in [0.3, 0.4) is 0 Å². The molecule has 0 fully saturated rings. The predicted octanol–water partition coefficient (Wildman–Crippen LogP) is 3.12. The molecule has 0 saturated heterocycles. The van der Waals surface area contributed by atoms with E-state index in [9.17, 15) is 9.59 Å². The van der Waals surface area contributed by atoms with Gasteiger partial charge < -0.3 is 0 Å². The second kappa shape index (κ2) is 5.63. The fourth-order valence-corrected chi connectivity index (χ4v) is 1.37. The first-order chi connectivity index (χ1) is 8.77. The summed E-state index contributed by atoms with van der Waals surface area (Å²) < 4.78 is 0. The molecule has 88 valence electrons. The minimum Gasteiger partial charge on any atom is -0.265 e. The number of carbonyl (C=O) groups is 2. The van der Waals surface area contributed by atoms with E-state index in [1.165, 1.54) is 0 Å². The highest BCUT2D eigenvalue weighted by atomic mass is 16.2. The number of benzene rings is 2. The van der Waals surface area contributed by atoms with Gasteiger partial charge in [0.2, 0.25) is 0 Å². The highest BCUT2D eigenvalue weighted by Crippen LogP contribution is 2.04. The SMILES string of the molecule is O=C(N=NC(=O)c1ccccc1)c1ccccc1. The maximum absolute atomic E-state index is 11.6. The van der Waals surface area contributed by atoms with E-state index in [2.05, 4.69) is 10.2 Å². The molecule has 0 unspecified atom stereocenters. The van der Waals surface area contributed by atoms with Gasteiger partial charge in [-0.1, -0.05) is 36.4 Å². The summed E-state index contributed by atoms with van der Waals surface area (Å²) in [5.74, 6) is -1.06. The lowest BCUT2D eigenvalue weighted by Crippen LogP contribution is -1.97. The van der Waals surface area contributed by atoms with Crippen molar-refractivity contribution in [3.8, 4) is 0 Å². The summed E-state index contributed by atoms with van der Waals surface area (Å²) in [6.45, 7) is 0. The molecule has 0 bridgehead atoms. The van der Waals surface area contributed by atoms with Crippen molar-refractivity contribution < 1.29 is 9.59 Å². The van der Waals surface area contributed by atoms with Gasteiger partial charge in [-0.3, -0.25) is 9.59 Å². The van der Waals surface area contributed by atoms with Crippen LogP contribution < -0.4 is 0 Å². The second-order valence-corrected chi connectivity index (χ2v) is 3.54. The Hall–Kier alpha value is -2.62. The third-order valence-corrected chi connectivity index (χ3v) is 2.27. The lowest BCUT2D eigenvalue weighted by molar-refractivity contribution is 0.0947. The summed E-state index contributed by atoms with van der Waals surface area (Å²) in [7, 11) is 0. The van der Waals surface area contributed by atoms with Gasteiger partial charge in [0.25, 0.3) is 11.8 Å². The molecule has 0 aromatic heterocycles. The summed E-state index contributed by atoms with van der Waals surface area (Å²) in [6.07, 6.45) is 0. The summed E-state index contributed by atoms with van der Waals surface area (Å²) in [5.41, 5.74) is 0.809. The van der Waals surface area contributed by atoms with E-state index < -0.39 is 11.8 Å². The van der Waals surface area contributed by atoms with Crippen molar-refractivity contribution in [3.05, 3.63) is 71.8 Å². The van der Waals surface area contributed by atoms with Crippen molar-refractivity contribution in [3.63, 3.8) is 0 Å². The molecule has 0 spiro atoms. The van der Waals surface area contributed by atoms with Crippen molar-refractivity contribution in [1.29, 1.82) is 0 Å². The second-order valence-electron chi connectivity index (χ2n) is 3.54. The van der Waals surface area contributed by atoms with Crippen molar-refractivity contribution in [2.24, 2.45) is 10.2 Å². The van der Waals surface area contributed by atoms with E-state index in [4.69, 9.17) is 0 Å². The molecule has 0 heterocycles. The molecule has 0 atom stereocenters. The summed E-state index contributed by atoms with van der Waals surface area (Å²) in [6, 6.07) is 17.0. The highest BCUT2D eigenvalue weighted by Gasteiger charge is 2.06. The fraction of sp³-hybridized carbons (Fsp3) is 0. The number of carbonyl (C=O) groups excluding carboxylic acids is 2. The largest absolute Gasteiger partial charge is 0.295 e. The van der Waals surface area contributed by atoms with Gasteiger partial charge in [0.1, 0.15) is 0 Å². The maximum atomic E-state index is 11.6. The van der Waals surface area contributed by atoms with Crippen LogP contribution in [-0.4, -0.2) is 11.8 Å². The maximum Gasteiger partial charge on any atom is 0.295 e. The van der Waals surface area contributed by atoms with Gasteiger partial charge in [-0.15, -0.1) is 10.2 Å². The Balaban J connectivity index is 2.08. The zero-order valence-electron chi connectivity index (χ0n) is 9.48. The number of rotatable bonds is 2. The quantitative estimate of drug-likeness (QED) is 0.754. The van der Waals surface area contributed by atoms with Gasteiger partial charge in [0, 0.05) is 11.1 Å². The Kier molecular flexibility index (Phi) is 3.71. The van der Waals surface area contributed by atoms with E-state index in [1.807, 2.05) is 0 Å². The molecule has 18 heavy (non-hydrogen) atoms. The predicted molar refractivity (Wildman–Crippen MR) is 66.4 cm³/mol. The van der Waals surface area contributed by atoms with Crippen molar-refractivity contribution >= 4 is 11.8 Å². The third-order valence-electron chi connectivity index (χ3n) is 2.27. The Labute approximate surface area is 104 Å². The molecule has 0 aliphatic heterocycles. The first kappa shape index (κ1) is 11.9. The molecule has 4 heteroatoms. The van der Waals surface area contributed by atoms with Crippen LogP contribution >= 0.6 is 0 Å². The van der Waals surface area contributed by atoms with Gasteiger partial charge in [-0.05, 0) is 24.3 Å². The van der Waals surface area contributed by atoms with E-state index in [0.29, 0.717) is 11.1 Å². The molecular formula is C14H10N2O2. The lowest BCUT2D eigenvalue weighted by atomic mass is 10.2. The minimum atomic E-state index is -0.528. The van der Waals surface area contributed by atoms with Crippen molar-refractivity contribution in [1.82, 2.24) is 0 Å². The van der Waals surface area contributed by atoms with Crippen LogP contribution in [0.2, 0.25) is 0 Å². The molecule has 2 rings (SSSR count). The molecule has 2 aromatic carbocycles. The zero-order valence-corrected chi connectivity index (χ0v) is 9.48. The summed E-state index contributed by atoms with van der Waals surface area (Å²) in [4.78, 5) is 23.1. The first-order valence-corrected chi connectivity index (χ1v) is 5.38. The van der Waals surface area contributed by atoms with Gasteiger partial charge in [-0.25, -0.2) is 0 Å². The Bertz CT molecular complexity index is 524. The smallest absolute Gasteiger partial charge is 0.265 e. The number of hydrogen-bond acceptors (Lipinski definition) is 2. The van der Waals surface area contributed by atoms with Crippen LogP contribution in [0.4, 0.5) is 0 Å². The van der Waals surface area contributed by atoms with Crippen LogP contribution in [0.5, 0.6) is 0 Å². The number of nitrogens with zero attached hydrogens (tertiary/aromatic N) is 2. The van der Waals surface area contributed by atoms with Gasteiger partial charge in [-0.2, -0.15) is 0 Å². The van der Waals surface area contributed by atoms with E-state index in [-0.39, 0.29) is 0 Å². The summed E-state index contributed by atoms with van der Waals surface area (Å²) >= 11 is 0. The van der Waals surface area contributed by atoms with E-state index in [0.717, 1.165) is 0 Å². The Morgan fingerprint density at radius 2 is 0.944 bits per heavy atom. The molecular weight excluding hydrogens is 228 g/mol. The lowest BCUT2D eigenvalue weighted by Gasteiger charge is -1.93. The first-order valence-electron chi connectivity index (χ1n) is 5.38. The Morgan fingerprint density at radius 3 is 1.28 bits per heavy atom. The highest BCUT2D eigenvalue weighted by molar-refractivity contribution is 5.98. The van der Waals surface area contributed by atoms with Gasteiger partial charge in [0.05, 0.1) is 0 Å². The normalized spacial score (nSPS) is 10.4. The fourth-order valence-electron chi connectivity index (χ4n) is 1.37. The van der Waals surface area contributed by atoms with Crippen molar-refractivity contribution in [2.75, 3.05) is 0 Å². The van der Waals surface area contributed by atoms with Crippen LogP contribution in [0.1, 0.15) is 20.7 Å². The molecule has 0 aliphatic carbocycles. The zero-order chi connectivity index (χ0) is 12.8. The molecule has 0 radical (unpaired) electrons. The van der Waals surface area contributed by atoms with Crippen LogP contribution in [0.25, 0.3) is 0 Å². The minimum absolute atomic E-state index is 0.405. The molecule has 0 aliphatic rings. The average molecular weight is 238 g/mol. The monoisotopic (exact) mass is 238 g/mol. The average Bonchev–Trinajstić information content (AvgIpc) is 2.46. The van der Waals surface area contributed by atoms with Gasteiger partial charge in [0.15, 0.2) is 0 Å². The molecule has 2 amide bonds. The number of amides is 2. The van der Waals surface area contributed by atoms with Crippen LogP contribution in [0.15, 0.2) is 70.9 Å². The standard InChI is InChI=1S/C14H10N2O2/c17-13(11-7-3-1-4-8-11)15-16-14(18)12-9-5-2-6-10-12/h1-10H. The Morgan fingerprint density at radius 1 is 0.611 bits per heavy atom. The van der Waals surface area contributed by atoms with Crippen LogP contribution in [-0.2, 0) is 0 Å². The topological polar surface area (TPSA) is 58.9 Å². The number of hydrogen-bond donors (Lipinski definition) is 0. The third kappa shape index (κ3) is 2.95. The number of azo groups is 1. The van der Waals surface area contributed by atoms with E-state index in [1.54, 1.807) is 60.7 Å². The molecule has 0 N–H and O–H groups in total. The van der Waals surface area contributed by atoms with Crippen molar-refractivity contribution in [2.45, 2.75) is 0 Å². The molecule has 4 nitrogen and oxygen atoms in total. The molecule has 2 aromatic rings. The summed E-state index contributed by atoms with van der Waals surface area (Å²) in [5, 5.41) is 6.81. The van der Waals surface area contributed by atoms with E-state index >= 15 is 0 Å². The molecule has 0 saturated carbocycles. The van der Waals surface area contributed by atoms with Gasteiger partial charge >= 0.3 is 0 Å². The van der Waals surface area contributed by atoms with Crippen LogP contribution in [0, 0.1) is 0 Å².